The maximum absolute atomic E-state index is 8.31. The van der Waals surface area contributed by atoms with Gasteiger partial charge in [0.15, 0.2) is 0 Å². The van der Waals surface area contributed by atoms with Gasteiger partial charge in [-0.15, -0.1) is 0 Å². The van der Waals surface area contributed by atoms with Gasteiger partial charge in [0.05, 0.1) is 5.71 Å². The molecule has 0 aromatic carbocycles. The average Bonchev–Trinajstić information content (AvgIpc) is 1.88. The Balaban J connectivity index is 3.43. The van der Waals surface area contributed by atoms with Crippen molar-refractivity contribution in [1.29, 1.82) is 0 Å². The monoisotopic (exact) mass is 165 g/mol. The molecule has 54 valence electrons. The lowest BCUT2D eigenvalue weighted by Gasteiger charge is -1.96. The van der Waals surface area contributed by atoms with Crippen LogP contribution in [0.4, 0.5) is 0 Å². The fraction of sp³-hybridized carbons (Fsp3) is 0.800. The number of nitrogens with zero attached hydrogens (tertiary/aromatic N) is 1. The summed E-state index contributed by atoms with van der Waals surface area (Å²) < 4.78 is 0. The second kappa shape index (κ2) is 6.29. The SMILES string of the molecule is ON=C(CCS)CCS. The molecule has 0 aromatic rings. The topological polar surface area (TPSA) is 32.6 Å². The van der Waals surface area contributed by atoms with Gasteiger partial charge in [-0.1, -0.05) is 5.16 Å². The van der Waals surface area contributed by atoms with Crippen molar-refractivity contribution in [3.8, 4) is 0 Å². The zero-order chi connectivity index (χ0) is 7.11. The molecule has 0 aliphatic rings. The van der Waals surface area contributed by atoms with Crippen LogP contribution in [0, 0.1) is 0 Å². The molecule has 0 aliphatic heterocycles. The Morgan fingerprint density at radius 3 is 1.89 bits per heavy atom. The molecule has 0 aliphatic carbocycles. The summed E-state index contributed by atoms with van der Waals surface area (Å²) in [5.41, 5.74) is 0.778. The molecule has 0 aromatic heterocycles. The van der Waals surface area contributed by atoms with Crippen LogP contribution in [0.1, 0.15) is 12.8 Å². The molecule has 2 nitrogen and oxygen atoms in total. The van der Waals surface area contributed by atoms with E-state index >= 15 is 0 Å². The van der Waals surface area contributed by atoms with Crippen molar-refractivity contribution in [3.63, 3.8) is 0 Å². The standard InChI is InChI=1S/C5H11NOS2/c7-6-5(1-3-8)2-4-9/h7-9H,1-4H2. The highest BCUT2D eigenvalue weighted by Gasteiger charge is 1.95. The first kappa shape index (κ1) is 9.17. The number of rotatable bonds is 4. The third-order valence-corrected chi connectivity index (χ3v) is 1.39. The van der Waals surface area contributed by atoms with E-state index in [1.54, 1.807) is 0 Å². The molecule has 0 atom stereocenters. The highest BCUT2D eigenvalue weighted by atomic mass is 32.1. The van der Waals surface area contributed by atoms with E-state index in [2.05, 4.69) is 30.4 Å². The van der Waals surface area contributed by atoms with Gasteiger partial charge in [0.1, 0.15) is 0 Å². The van der Waals surface area contributed by atoms with E-state index in [4.69, 9.17) is 5.21 Å². The average molecular weight is 165 g/mol. The van der Waals surface area contributed by atoms with Crippen LogP contribution in [0.15, 0.2) is 5.16 Å². The van der Waals surface area contributed by atoms with Crippen LogP contribution in [0.2, 0.25) is 0 Å². The lowest BCUT2D eigenvalue weighted by atomic mass is 10.2. The van der Waals surface area contributed by atoms with Crippen molar-refractivity contribution in [1.82, 2.24) is 0 Å². The van der Waals surface area contributed by atoms with E-state index in [9.17, 15) is 0 Å². The van der Waals surface area contributed by atoms with E-state index in [1.807, 2.05) is 0 Å². The Morgan fingerprint density at radius 1 is 1.22 bits per heavy atom. The first-order valence-electron chi connectivity index (χ1n) is 2.76. The van der Waals surface area contributed by atoms with Gasteiger partial charge in [-0.3, -0.25) is 0 Å². The molecule has 0 heterocycles. The van der Waals surface area contributed by atoms with Crippen LogP contribution in [0.5, 0.6) is 0 Å². The summed E-state index contributed by atoms with van der Waals surface area (Å²) in [6.45, 7) is 0. The van der Waals surface area contributed by atoms with Crippen molar-refractivity contribution in [3.05, 3.63) is 0 Å². The Labute approximate surface area is 66.2 Å². The van der Waals surface area contributed by atoms with Crippen molar-refractivity contribution >= 4 is 31.0 Å². The normalized spacial score (nSPS) is 9.11. The zero-order valence-electron chi connectivity index (χ0n) is 5.12. The van der Waals surface area contributed by atoms with Crippen molar-refractivity contribution < 1.29 is 5.21 Å². The van der Waals surface area contributed by atoms with Gasteiger partial charge in [0.25, 0.3) is 0 Å². The molecule has 0 saturated carbocycles. The van der Waals surface area contributed by atoms with Crippen LogP contribution in [-0.2, 0) is 0 Å². The lowest BCUT2D eigenvalue weighted by Crippen LogP contribution is -1.99. The second-order valence-electron chi connectivity index (χ2n) is 1.61. The number of thiol groups is 2. The predicted molar refractivity (Wildman–Crippen MR) is 46.2 cm³/mol. The first-order valence-corrected chi connectivity index (χ1v) is 4.03. The molecule has 0 fully saturated rings. The third kappa shape index (κ3) is 4.66. The van der Waals surface area contributed by atoms with Crippen LogP contribution in [-0.4, -0.2) is 22.4 Å². The predicted octanol–water partition coefficient (Wildman–Crippen LogP) is 1.46. The summed E-state index contributed by atoms with van der Waals surface area (Å²) in [5.74, 6) is 1.46. The van der Waals surface area contributed by atoms with Gasteiger partial charge >= 0.3 is 0 Å². The van der Waals surface area contributed by atoms with E-state index in [1.165, 1.54) is 0 Å². The Bertz CT molecular complexity index is 87.0. The molecule has 0 radical (unpaired) electrons. The second-order valence-corrected chi connectivity index (χ2v) is 2.51. The first-order chi connectivity index (χ1) is 4.35. The quantitative estimate of drug-likeness (QED) is 0.250. The Morgan fingerprint density at radius 2 is 1.67 bits per heavy atom. The minimum atomic E-state index is 0.729. The molecule has 0 bridgehead atoms. The minimum absolute atomic E-state index is 0.729. The van der Waals surface area contributed by atoms with Crippen molar-refractivity contribution in [2.75, 3.05) is 11.5 Å². The summed E-state index contributed by atoms with van der Waals surface area (Å²) >= 11 is 7.98. The fourth-order valence-corrected chi connectivity index (χ4v) is 0.999. The van der Waals surface area contributed by atoms with E-state index in [-0.39, 0.29) is 0 Å². The van der Waals surface area contributed by atoms with Crippen LogP contribution in [0.25, 0.3) is 0 Å². The molecule has 0 saturated heterocycles. The Hall–Kier alpha value is 0.170. The largest absolute Gasteiger partial charge is 0.411 e. The van der Waals surface area contributed by atoms with Crippen LogP contribution < -0.4 is 0 Å². The van der Waals surface area contributed by atoms with E-state index in [0.717, 1.165) is 30.1 Å². The zero-order valence-corrected chi connectivity index (χ0v) is 6.91. The smallest absolute Gasteiger partial charge is 0.0587 e. The highest BCUT2D eigenvalue weighted by Crippen LogP contribution is 1.95. The molecule has 4 heteroatoms. The van der Waals surface area contributed by atoms with Gasteiger partial charge in [0, 0.05) is 0 Å². The molecule has 0 rings (SSSR count). The summed E-state index contributed by atoms with van der Waals surface area (Å²) in [4.78, 5) is 0. The highest BCUT2D eigenvalue weighted by molar-refractivity contribution is 7.80. The van der Waals surface area contributed by atoms with Gasteiger partial charge in [-0.05, 0) is 24.3 Å². The summed E-state index contributed by atoms with van der Waals surface area (Å²) in [7, 11) is 0. The molecule has 1 N–H and O–H groups in total. The molecular weight excluding hydrogens is 154 g/mol. The molecule has 0 unspecified atom stereocenters. The van der Waals surface area contributed by atoms with Crippen LogP contribution >= 0.6 is 25.3 Å². The maximum Gasteiger partial charge on any atom is 0.0587 e. The van der Waals surface area contributed by atoms with E-state index < -0.39 is 0 Å². The number of hydrogen-bond donors (Lipinski definition) is 3. The summed E-state index contributed by atoms with van der Waals surface area (Å²) in [5, 5.41) is 11.4. The Kier molecular flexibility index (Phi) is 6.41. The molecule has 0 amide bonds. The maximum atomic E-state index is 8.31. The van der Waals surface area contributed by atoms with Gasteiger partial charge in [-0.25, -0.2) is 0 Å². The van der Waals surface area contributed by atoms with Gasteiger partial charge < -0.3 is 5.21 Å². The van der Waals surface area contributed by atoms with E-state index in [0.29, 0.717) is 0 Å². The van der Waals surface area contributed by atoms with Gasteiger partial charge in [-0.2, -0.15) is 25.3 Å². The minimum Gasteiger partial charge on any atom is -0.411 e. The lowest BCUT2D eigenvalue weighted by molar-refractivity contribution is 0.316. The number of hydrogen-bond acceptors (Lipinski definition) is 4. The van der Waals surface area contributed by atoms with Crippen molar-refractivity contribution in [2.45, 2.75) is 12.8 Å². The van der Waals surface area contributed by atoms with Crippen molar-refractivity contribution in [2.24, 2.45) is 5.16 Å². The molecule has 0 spiro atoms. The fourth-order valence-electron chi connectivity index (χ4n) is 0.483. The molecule has 9 heavy (non-hydrogen) atoms. The van der Waals surface area contributed by atoms with Crippen LogP contribution in [0.3, 0.4) is 0 Å². The van der Waals surface area contributed by atoms with Gasteiger partial charge in [0.2, 0.25) is 0 Å². The third-order valence-electron chi connectivity index (χ3n) is 0.942. The number of oxime groups is 1. The summed E-state index contributed by atoms with van der Waals surface area (Å²) in [6.07, 6.45) is 1.50. The molecular formula is C5H11NOS2. The summed E-state index contributed by atoms with van der Waals surface area (Å²) in [6, 6.07) is 0.